The van der Waals surface area contributed by atoms with Crippen molar-refractivity contribution in [3.05, 3.63) is 28.2 Å². The van der Waals surface area contributed by atoms with Crippen LogP contribution >= 0.6 is 15.9 Å². The average molecular weight is 312 g/mol. The number of hydrogen-bond acceptors (Lipinski definition) is 3. The van der Waals surface area contributed by atoms with Gasteiger partial charge < -0.3 is 15.2 Å². The van der Waals surface area contributed by atoms with Gasteiger partial charge in [0.2, 0.25) is 0 Å². The zero-order chi connectivity index (χ0) is 13.5. The van der Waals surface area contributed by atoms with Crippen LogP contribution in [-0.4, -0.2) is 23.7 Å². The predicted molar refractivity (Wildman–Crippen MR) is 72.4 cm³/mol. The number of rotatable bonds is 6. The Labute approximate surface area is 114 Å². The van der Waals surface area contributed by atoms with Gasteiger partial charge in [-0.15, -0.1) is 6.42 Å². The molecule has 0 aliphatic heterocycles. The van der Waals surface area contributed by atoms with E-state index >= 15 is 0 Å². The summed E-state index contributed by atoms with van der Waals surface area (Å²) in [6.07, 6.45) is 5.14. The zero-order valence-corrected chi connectivity index (χ0v) is 11.5. The SMILES string of the molecule is C#CCOc1ccc(Br)cc1CNC(C)C(=O)O. The van der Waals surface area contributed by atoms with Gasteiger partial charge in [-0.3, -0.25) is 4.79 Å². The van der Waals surface area contributed by atoms with Crippen LogP contribution < -0.4 is 10.1 Å². The lowest BCUT2D eigenvalue weighted by atomic mass is 10.2. The first-order valence-corrected chi connectivity index (χ1v) is 6.14. The summed E-state index contributed by atoms with van der Waals surface area (Å²) in [5.41, 5.74) is 0.854. The molecule has 0 saturated carbocycles. The largest absolute Gasteiger partial charge is 0.481 e. The van der Waals surface area contributed by atoms with Crippen molar-refractivity contribution >= 4 is 21.9 Å². The molecule has 1 aromatic rings. The van der Waals surface area contributed by atoms with E-state index < -0.39 is 12.0 Å². The van der Waals surface area contributed by atoms with Crippen LogP contribution in [0.4, 0.5) is 0 Å². The summed E-state index contributed by atoms with van der Waals surface area (Å²) in [6, 6.07) is 4.89. The molecule has 96 valence electrons. The first kappa shape index (κ1) is 14.6. The van der Waals surface area contributed by atoms with Crippen LogP contribution in [0.5, 0.6) is 5.75 Å². The highest BCUT2D eigenvalue weighted by Gasteiger charge is 2.11. The van der Waals surface area contributed by atoms with Gasteiger partial charge in [0, 0.05) is 16.6 Å². The van der Waals surface area contributed by atoms with Crippen LogP contribution in [0.1, 0.15) is 12.5 Å². The molecule has 0 bridgehead atoms. The first-order valence-electron chi connectivity index (χ1n) is 5.35. The molecule has 18 heavy (non-hydrogen) atoms. The van der Waals surface area contributed by atoms with Gasteiger partial charge in [0.1, 0.15) is 18.4 Å². The molecule has 0 radical (unpaired) electrons. The highest BCUT2D eigenvalue weighted by atomic mass is 79.9. The maximum absolute atomic E-state index is 10.7. The Bertz CT molecular complexity index is 468. The van der Waals surface area contributed by atoms with Crippen LogP contribution in [0.3, 0.4) is 0 Å². The summed E-state index contributed by atoms with van der Waals surface area (Å²) in [7, 11) is 0. The number of nitrogens with one attached hydrogen (secondary N) is 1. The average Bonchev–Trinajstić information content (AvgIpc) is 2.34. The van der Waals surface area contributed by atoms with E-state index in [0.29, 0.717) is 12.3 Å². The number of carboxylic acid groups (broad SMARTS) is 1. The van der Waals surface area contributed by atoms with Crippen molar-refractivity contribution in [2.24, 2.45) is 0 Å². The Balaban J connectivity index is 2.76. The lowest BCUT2D eigenvalue weighted by Gasteiger charge is -2.13. The van der Waals surface area contributed by atoms with Crippen molar-refractivity contribution < 1.29 is 14.6 Å². The highest BCUT2D eigenvalue weighted by molar-refractivity contribution is 9.10. The molecule has 4 nitrogen and oxygen atoms in total. The number of ether oxygens (including phenoxy) is 1. The Morgan fingerprint density at radius 3 is 3.00 bits per heavy atom. The fourth-order valence-electron chi connectivity index (χ4n) is 1.30. The third kappa shape index (κ3) is 4.40. The number of terminal acetylenes is 1. The van der Waals surface area contributed by atoms with E-state index in [0.717, 1.165) is 10.0 Å². The zero-order valence-electron chi connectivity index (χ0n) is 9.94. The molecular weight excluding hydrogens is 298 g/mol. The summed E-state index contributed by atoms with van der Waals surface area (Å²) in [6.45, 7) is 2.16. The monoisotopic (exact) mass is 311 g/mol. The van der Waals surface area contributed by atoms with Crippen molar-refractivity contribution in [3.8, 4) is 18.1 Å². The molecule has 0 fully saturated rings. The van der Waals surface area contributed by atoms with Crippen LogP contribution in [0.15, 0.2) is 22.7 Å². The number of benzene rings is 1. The van der Waals surface area contributed by atoms with Gasteiger partial charge in [-0.2, -0.15) is 0 Å². The van der Waals surface area contributed by atoms with Gasteiger partial charge >= 0.3 is 5.97 Å². The Kier molecular flexibility index (Phi) is 5.69. The number of carboxylic acids is 1. The molecule has 1 rings (SSSR count). The third-order valence-electron chi connectivity index (χ3n) is 2.30. The van der Waals surface area contributed by atoms with Gasteiger partial charge in [0.25, 0.3) is 0 Å². The van der Waals surface area contributed by atoms with E-state index in [1.807, 2.05) is 12.1 Å². The molecule has 0 heterocycles. The quantitative estimate of drug-likeness (QED) is 0.789. The third-order valence-corrected chi connectivity index (χ3v) is 2.80. The van der Waals surface area contributed by atoms with Crippen LogP contribution in [0.25, 0.3) is 0 Å². The fourth-order valence-corrected chi connectivity index (χ4v) is 1.71. The minimum Gasteiger partial charge on any atom is -0.481 e. The molecule has 0 aliphatic rings. The number of aliphatic carboxylic acids is 1. The van der Waals surface area contributed by atoms with Gasteiger partial charge in [-0.25, -0.2) is 0 Å². The lowest BCUT2D eigenvalue weighted by Crippen LogP contribution is -2.33. The lowest BCUT2D eigenvalue weighted by molar-refractivity contribution is -0.139. The van der Waals surface area contributed by atoms with Crippen LogP contribution in [0, 0.1) is 12.3 Å². The van der Waals surface area contributed by atoms with E-state index in [9.17, 15) is 4.79 Å². The summed E-state index contributed by atoms with van der Waals surface area (Å²) < 4.78 is 6.29. The summed E-state index contributed by atoms with van der Waals surface area (Å²) in [4.78, 5) is 10.7. The van der Waals surface area contributed by atoms with Crippen molar-refractivity contribution in [2.45, 2.75) is 19.5 Å². The summed E-state index contributed by atoms with van der Waals surface area (Å²) >= 11 is 3.36. The first-order chi connectivity index (χ1) is 8.54. The number of hydrogen-bond donors (Lipinski definition) is 2. The van der Waals surface area contributed by atoms with E-state index in [-0.39, 0.29) is 6.61 Å². The second kappa shape index (κ2) is 7.04. The second-order valence-corrected chi connectivity index (χ2v) is 4.60. The summed E-state index contributed by atoms with van der Waals surface area (Å²) in [5.74, 6) is 2.15. The maximum atomic E-state index is 10.7. The van der Waals surface area contributed by atoms with Crippen molar-refractivity contribution in [1.82, 2.24) is 5.32 Å². The highest BCUT2D eigenvalue weighted by Crippen LogP contribution is 2.23. The van der Waals surface area contributed by atoms with Gasteiger partial charge in [-0.1, -0.05) is 21.9 Å². The molecular formula is C13H14BrNO3. The fraction of sp³-hybridized carbons (Fsp3) is 0.308. The Morgan fingerprint density at radius 2 is 2.39 bits per heavy atom. The molecule has 1 unspecified atom stereocenters. The standard InChI is InChI=1S/C13H14BrNO3/c1-3-6-18-12-5-4-11(14)7-10(12)8-15-9(2)13(16)17/h1,4-5,7,9,15H,6,8H2,2H3,(H,16,17). The molecule has 1 aromatic carbocycles. The normalized spacial score (nSPS) is 11.6. The topological polar surface area (TPSA) is 58.6 Å². The minimum absolute atomic E-state index is 0.184. The van der Waals surface area contributed by atoms with Crippen molar-refractivity contribution in [1.29, 1.82) is 0 Å². The molecule has 0 aliphatic carbocycles. The summed E-state index contributed by atoms with van der Waals surface area (Å²) in [5, 5.41) is 11.7. The smallest absolute Gasteiger partial charge is 0.320 e. The van der Waals surface area contributed by atoms with Gasteiger partial charge in [0.15, 0.2) is 0 Å². The molecule has 5 heteroatoms. The molecule has 0 aromatic heterocycles. The molecule has 2 N–H and O–H groups in total. The van der Waals surface area contributed by atoms with Crippen LogP contribution in [0.2, 0.25) is 0 Å². The van der Waals surface area contributed by atoms with Gasteiger partial charge in [-0.05, 0) is 25.1 Å². The second-order valence-electron chi connectivity index (χ2n) is 3.69. The Hall–Kier alpha value is -1.51. The molecule has 1 atom stereocenters. The van der Waals surface area contributed by atoms with Crippen molar-refractivity contribution in [3.63, 3.8) is 0 Å². The van der Waals surface area contributed by atoms with E-state index in [2.05, 4.69) is 27.2 Å². The Morgan fingerprint density at radius 1 is 1.67 bits per heavy atom. The van der Waals surface area contributed by atoms with Crippen LogP contribution in [-0.2, 0) is 11.3 Å². The van der Waals surface area contributed by atoms with Gasteiger partial charge in [0.05, 0.1) is 0 Å². The van der Waals surface area contributed by atoms with Crippen molar-refractivity contribution in [2.75, 3.05) is 6.61 Å². The molecule has 0 spiro atoms. The van der Waals surface area contributed by atoms with E-state index in [4.69, 9.17) is 16.3 Å². The predicted octanol–water partition coefficient (Wildman–Crippen LogP) is 2.02. The minimum atomic E-state index is -0.893. The van der Waals surface area contributed by atoms with E-state index in [1.54, 1.807) is 13.0 Å². The van der Waals surface area contributed by atoms with E-state index in [1.165, 1.54) is 0 Å². The molecule has 0 amide bonds. The maximum Gasteiger partial charge on any atom is 0.320 e. The number of carbonyl (C=O) groups is 1. The molecule has 0 saturated heterocycles. The number of halogens is 1.